The second kappa shape index (κ2) is 6.80. The lowest BCUT2D eigenvalue weighted by Gasteiger charge is -2.13. The monoisotopic (exact) mass is 364 g/mol. The lowest BCUT2D eigenvalue weighted by molar-refractivity contribution is 0.0943. The smallest absolute Gasteiger partial charge is 0.263 e. The molecule has 1 unspecified atom stereocenters. The third-order valence-corrected chi connectivity index (χ3v) is 5.56. The number of aromatic nitrogens is 3. The number of nitrogens with zero attached hydrogens (tertiary/aromatic N) is 2. The maximum absolute atomic E-state index is 12.7. The molecule has 0 aliphatic rings. The number of fused-ring (bicyclic) bond motifs is 1. The van der Waals surface area contributed by atoms with Crippen LogP contribution in [0, 0.1) is 6.92 Å². The highest BCUT2D eigenvalue weighted by Crippen LogP contribution is 2.22. The Balaban J connectivity index is 1.48. The fourth-order valence-electron chi connectivity index (χ4n) is 3.14. The lowest BCUT2D eigenvalue weighted by atomic mass is 10.1. The van der Waals surface area contributed by atoms with Gasteiger partial charge in [-0.1, -0.05) is 29.5 Å². The van der Waals surface area contributed by atoms with Gasteiger partial charge in [0.05, 0.1) is 5.69 Å². The number of hydrogen-bond acceptors (Lipinski definition) is 3. The Hall–Kier alpha value is -2.86. The van der Waals surface area contributed by atoms with E-state index in [1.165, 1.54) is 22.3 Å². The summed E-state index contributed by atoms with van der Waals surface area (Å²) < 4.78 is 1.92. The largest absolute Gasteiger partial charge is 0.361 e. The average Bonchev–Trinajstić information content (AvgIpc) is 3.35. The Morgan fingerprint density at radius 3 is 2.85 bits per heavy atom. The van der Waals surface area contributed by atoms with Crippen molar-refractivity contribution in [1.29, 1.82) is 0 Å². The number of aryl methyl sites for hydroxylation is 1. The molecular formula is C20H20N4OS. The van der Waals surface area contributed by atoms with Crippen molar-refractivity contribution < 1.29 is 4.79 Å². The molecule has 1 aromatic carbocycles. The van der Waals surface area contributed by atoms with Crippen molar-refractivity contribution in [2.24, 2.45) is 0 Å². The van der Waals surface area contributed by atoms with E-state index >= 15 is 0 Å². The van der Waals surface area contributed by atoms with Crippen molar-refractivity contribution in [3.63, 3.8) is 0 Å². The summed E-state index contributed by atoms with van der Waals surface area (Å²) in [5, 5.41) is 5.12. The van der Waals surface area contributed by atoms with Gasteiger partial charge in [0.25, 0.3) is 5.91 Å². The summed E-state index contributed by atoms with van der Waals surface area (Å²) in [6.45, 7) is 3.91. The lowest BCUT2D eigenvalue weighted by Crippen LogP contribution is -2.33. The molecule has 4 rings (SSSR count). The molecule has 0 saturated heterocycles. The summed E-state index contributed by atoms with van der Waals surface area (Å²) in [5.74, 6) is -0.0641. The standard InChI is InChI=1S/C20H20N4OS/c1-13(11-15-12-21-17-8-4-3-7-16(15)17)22-19(25)18-14(2)23-20(26-18)24-9-5-6-10-24/h3-10,12-13,21H,11H2,1-2H3,(H,22,25). The van der Waals surface area contributed by atoms with Crippen LogP contribution in [0.3, 0.4) is 0 Å². The second-order valence-electron chi connectivity index (χ2n) is 6.44. The molecule has 2 N–H and O–H groups in total. The number of H-pyrrole nitrogens is 1. The van der Waals surface area contributed by atoms with Gasteiger partial charge in [0.15, 0.2) is 5.13 Å². The molecule has 1 amide bonds. The van der Waals surface area contributed by atoms with E-state index in [4.69, 9.17) is 0 Å². The fraction of sp³-hybridized carbons (Fsp3) is 0.200. The number of carbonyl (C=O) groups is 1. The fourth-order valence-corrected chi connectivity index (χ4v) is 4.07. The van der Waals surface area contributed by atoms with E-state index in [1.807, 2.05) is 61.3 Å². The molecule has 0 radical (unpaired) electrons. The van der Waals surface area contributed by atoms with E-state index in [0.717, 1.165) is 22.8 Å². The van der Waals surface area contributed by atoms with Crippen LogP contribution < -0.4 is 5.32 Å². The number of nitrogens with one attached hydrogen (secondary N) is 2. The Morgan fingerprint density at radius 2 is 2.04 bits per heavy atom. The Labute approximate surface area is 155 Å². The molecule has 1 atom stereocenters. The van der Waals surface area contributed by atoms with Gasteiger partial charge in [0, 0.05) is 35.5 Å². The van der Waals surface area contributed by atoms with Gasteiger partial charge in [-0.05, 0) is 44.0 Å². The van der Waals surface area contributed by atoms with E-state index in [2.05, 4.69) is 27.4 Å². The maximum Gasteiger partial charge on any atom is 0.263 e. The highest BCUT2D eigenvalue weighted by Gasteiger charge is 2.18. The van der Waals surface area contributed by atoms with Crippen LogP contribution in [0.25, 0.3) is 16.0 Å². The minimum absolute atomic E-state index is 0.0261. The van der Waals surface area contributed by atoms with Gasteiger partial charge in [0.1, 0.15) is 4.88 Å². The third-order valence-electron chi connectivity index (χ3n) is 4.40. The maximum atomic E-state index is 12.7. The van der Waals surface area contributed by atoms with Crippen molar-refractivity contribution in [2.45, 2.75) is 26.3 Å². The predicted molar refractivity (Wildman–Crippen MR) is 105 cm³/mol. The quantitative estimate of drug-likeness (QED) is 0.560. The van der Waals surface area contributed by atoms with Crippen molar-refractivity contribution >= 4 is 28.1 Å². The van der Waals surface area contributed by atoms with Crippen LogP contribution in [-0.2, 0) is 6.42 Å². The molecule has 3 aromatic heterocycles. The first kappa shape index (κ1) is 16.6. The van der Waals surface area contributed by atoms with Crippen LogP contribution in [0.4, 0.5) is 0 Å². The van der Waals surface area contributed by atoms with Crippen LogP contribution >= 0.6 is 11.3 Å². The number of amides is 1. The van der Waals surface area contributed by atoms with Gasteiger partial charge in [-0.15, -0.1) is 0 Å². The summed E-state index contributed by atoms with van der Waals surface area (Å²) in [5.41, 5.74) is 3.09. The van der Waals surface area contributed by atoms with Gasteiger partial charge in [-0.3, -0.25) is 4.79 Å². The number of carbonyl (C=O) groups excluding carboxylic acids is 1. The number of para-hydroxylation sites is 1. The number of aromatic amines is 1. The number of benzene rings is 1. The topological polar surface area (TPSA) is 62.7 Å². The van der Waals surface area contributed by atoms with Crippen molar-refractivity contribution in [2.75, 3.05) is 0 Å². The highest BCUT2D eigenvalue weighted by atomic mass is 32.1. The van der Waals surface area contributed by atoms with E-state index in [0.29, 0.717) is 4.88 Å². The number of hydrogen-bond donors (Lipinski definition) is 2. The van der Waals surface area contributed by atoms with Crippen molar-refractivity contribution in [3.05, 3.63) is 71.1 Å². The minimum Gasteiger partial charge on any atom is -0.361 e. The highest BCUT2D eigenvalue weighted by molar-refractivity contribution is 7.16. The molecule has 4 aromatic rings. The molecule has 0 saturated carbocycles. The molecule has 0 aliphatic carbocycles. The SMILES string of the molecule is Cc1nc(-n2cccc2)sc1C(=O)NC(C)Cc1c[nH]c2ccccc12. The van der Waals surface area contributed by atoms with E-state index in [9.17, 15) is 4.79 Å². The first-order valence-corrected chi connectivity index (χ1v) is 9.40. The molecule has 0 fully saturated rings. The first-order valence-electron chi connectivity index (χ1n) is 8.58. The second-order valence-corrected chi connectivity index (χ2v) is 7.42. The van der Waals surface area contributed by atoms with E-state index < -0.39 is 0 Å². The van der Waals surface area contributed by atoms with Gasteiger partial charge >= 0.3 is 0 Å². The predicted octanol–water partition coefficient (Wildman–Crippen LogP) is 4.08. The Kier molecular flexibility index (Phi) is 4.34. The first-order chi connectivity index (χ1) is 12.6. The molecule has 0 bridgehead atoms. The molecule has 5 nitrogen and oxygen atoms in total. The van der Waals surface area contributed by atoms with Crippen molar-refractivity contribution in [1.82, 2.24) is 19.9 Å². The van der Waals surface area contributed by atoms with Crippen LogP contribution in [0.2, 0.25) is 0 Å². The van der Waals surface area contributed by atoms with Gasteiger partial charge in [-0.25, -0.2) is 4.98 Å². The molecule has 0 aliphatic heterocycles. The van der Waals surface area contributed by atoms with E-state index in [-0.39, 0.29) is 11.9 Å². The zero-order valence-electron chi connectivity index (χ0n) is 14.7. The zero-order chi connectivity index (χ0) is 18.1. The normalized spacial score (nSPS) is 12.4. The zero-order valence-corrected chi connectivity index (χ0v) is 15.5. The van der Waals surface area contributed by atoms with Crippen LogP contribution in [0.1, 0.15) is 27.9 Å². The summed E-state index contributed by atoms with van der Waals surface area (Å²) in [6.07, 6.45) is 6.66. The molecule has 26 heavy (non-hydrogen) atoms. The van der Waals surface area contributed by atoms with E-state index in [1.54, 1.807) is 0 Å². The Morgan fingerprint density at radius 1 is 1.27 bits per heavy atom. The summed E-state index contributed by atoms with van der Waals surface area (Å²) in [7, 11) is 0. The van der Waals surface area contributed by atoms with Gasteiger partial charge < -0.3 is 14.9 Å². The van der Waals surface area contributed by atoms with Gasteiger partial charge in [0.2, 0.25) is 0 Å². The van der Waals surface area contributed by atoms with Crippen LogP contribution in [-0.4, -0.2) is 26.5 Å². The summed E-state index contributed by atoms with van der Waals surface area (Å²) in [4.78, 5) is 21.2. The van der Waals surface area contributed by atoms with Crippen LogP contribution in [0.5, 0.6) is 0 Å². The molecule has 6 heteroatoms. The summed E-state index contributed by atoms with van der Waals surface area (Å²) in [6, 6.07) is 12.1. The molecule has 132 valence electrons. The molecule has 0 spiro atoms. The number of thiazole rings is 1. The number of rotatable bonds is 5. The summed E-state index contributed by atoms with van der Waals surface area (Å²) >= 11 is 1.41. The van der Waals surface area contributed by atoms with Crippen LogP contribution in [0.15, 0.2) is 55.0 Å². The average molecular weight is 364 g/mol. The molecular weight excluding hydrogens is 344 g/mol. The Bertz CT molecular complexity index is 1050. The minimum atomic E-state index is -0.0641. The van der Waals surface area contributed by atoms with Crippen molar-refractivity contribution in [3.8, 4) is 5.13 Å². The van der Waals surface area contributed by atoms with Gasteiger partial charge in [-0.2, -0.15) is 0 Å². The molecule has 3 heterocycles. The third kappa shape index (κ3) is 3.15.